The van der Waals surface area contributed by atoms with Crippen molar-refractivity contribution in [1.82, 2.24) is 40.6 Å². The van der Waals surface area contributed by atoms with Gasteiger partial charge < -0.3 is 10.6 Å². The van der Waals surface area contributed by atoms with E-state index in [9.17, 15) is 0 Å². The van der Waals surface area contributed by atoms with Gasteiger partial charge >= 0.3 is 0 Å². The fraction of sp³-hybridized carbons (Fsp3) is 0.450. The van der Waals surface area contributed by atoms with Gasteiger partial charge in [0.2, 0.25) is 0 Å². The molecular formula is C20H27N9. The molecule has 1 aromatic carbocycles. The average Bonchev–Trinajstić information content (AvgIpc) is 3.42. The molecule has 1 atom stereocenters. The molecule has 4 rings (SSSR count). The van der Waals surface area contributed by atoms with Crippen LogP contribution in [0.25, 0.3) is 11.4 Å². The van der Waals surface area contributed by atoms with E-state index in [0.717, 1.165) is 66.9 Å². The summed E-state index contributed by atoms with van der Waals surface area (Å²) in [7, 11) is 0. The molecule has 9 nitrogen and oxygen atoms in total. The molecule has 0 aliphatic carbocycles. The van der Waals surface area contributed by atoms with Gasteiger partial charge in [0.05, 0.1) is 13.1 Å². The molecule has 2 aromatic heterocycles. The van der Waals surface area contributed by atoms with Crippen molar-refractivity contribution in [2.24, 2.45) is 4.99 Å². The fourth-order valence-electron chi connectivity index (χ4n) is 3.47. The summed E-state index contributed by atoms with van der Waals surface area (Å²) < 4.78 is 2.03. The van der Waals surface area contributed by atoms with Gasteiger partial charge in [-0.15, -0.1) is 0 Å². The lowest BCUT2D eigenvalue weighted by atomic mass is 10.1. The molecule has 0 saturated heterocycles. The van der Waals surface area contributed by atoms with Crippen molar-refractivity contribution in [1.29, 1.82) is 0 Å². The molecule has 152 valence electrons. The first-order chi connectivity index (χ1) is 14.2. The zero-order chi connectivity index (χ0) is 20.1. The molecule has 0 amide bonds. The highest BCUT2D eigenvalue weighted by molar-refractivity contribution is 5.80. The van der Waals surface area contributed by atoms with E-state index < -0.39 is 0 Å². The van der Waals surface area contributed by atoms with Gasteiger partial charge in [0.25, 0.3) is 0 Å². The Bertz CT molecular complexity index is 958. The Morgan fingerprint density at radius 2 is 2.28 bits per heavy atom. The molecule has 1 aliphatic rings. The quantitative estimate of drug-likeness (QED) is 0.434. The molecular weight excluding hydrogens is 366 g/mol. The van der Waals surface area contributed by atoms with Crippen molar-refractivity contribution in [3.8, 4) is 11.4 Å². The molecule has 0 radical (unpaired) electrons. The SMILES string of the molecule is CCNC(=NCc1cccc(-c2ncn[nH]2)c1)NC1CCc2nc(CC)nn2C1. The van der Waals surface area contributed by atoms with Crippen LogP contribution in [0.5, 0.6) is 0 Å². The van der Waals surface area contributed by atoms with Crippen LogP contribution in [0.1, 0.15) is 37.5 Å². The normalized spacial score (nSPS) is 16.5. The Morgan fingerprint density at radius 3 is 3.07 bits per heavy atom. The summed E-state index contributed by atoms with van der Waals surface area (Å²) >= 11 is 0. The lowest BCUT2D eigenvalue weighted by Crippen LogP contribution is -2.47. The zero-order valence-corrected chi connectivity index (χ0v) is 16.9. The molecule has 0 fully saturated rings. The largest absolute Gasteiger partial charge is 0.357 e. The number of aromatic nitrogens is 6. The first kappa shape index (κ1) is 19.1. The highest BCUT2D eigenvalue weighted by Gasteiger charge is 2.22. The Hall–Kier alpha value is -3.23. The number of aromatic amines is 1. The number of rotatable bonds is 6. The highest BCUT2D eigenvalue weighted by Crippen LogP contribution is 2.16. The van der Waals surface area contributed by atoms with Gasteiger partial charge in [0.15, 0.2) is 17.6 Å². The molecule has 9 heteroatoms. The molecule has 3 heterocycles. The monoisotopic (exact) mass is 393 g/mol. The minimum atomic E-state index is 0.284. The van der Waals surface area contributed by atoms with E-state index in [2.05, 4.69) is 61.9 Å². The standard InChI is InChI=1S/C20H27N9/c1-3-17-26-18-9-8-16(12-29(18)28-17)25-20(21-4-2)22-11-14-6-5-7-15(10-14)19-23-13-24-27-19/h5-7,10,13,16H,3-4,8-9,11-12H2,1-2H3,(H2,21,22,25)(H,23,24,27). The molecule has 0 spiro atoms. The summed E-state index contributed by atoms with van der Waals surface area (Å²) in [6.07, 6.45) is 4.34. The van der Waals surface area contributed by atoms with Crippen molar-refractivity contribution in [2.45, 2.75) is 52.2 Å². The Morgan fingerprint density at radius 1 is 1.34 bits per heavy atom. The first-order valence-electron chi connectivity index (χ1n) is 10.2. The predicted octanol–water partition coefficient (Wildman–Crippen LogP) is 1.70. The van der Waals surface area contributed by atoms with Crippen LogP contribution in [0, 0.1) is 0 Å². The summed E-state index contributed by atoms with van der Waals surface area (Å²) in [6, 6.07) is 8.47. The third-order valence-corrected chi connectivity index (χ3v) is 4.94. The van der Waals surface area contributed by atoms with Crippen molar-refractivity contribution in [3.63, 3.8) is 0 Å². The van der Waals surface area contributed by atoms with E-state index in [0.29, 0.717) is 6.54 Å². The van der Waals surface area contributed by atoms with E-state index in [1.165, 1.54) is 6.33 Å². The maximum absolute atomic E-state index is 4.78. The van der Waals surface area contributed by atoms with Gasteiger partial charge in [-0.05, 0) is 25.0 Å². The van der Waals surface area contributed by atoms with Crippen LogP contribution < -0.4 is 10.6 Å². The second-order valence-corrected chi connectivity index (χ2v) is 7.09. The second kappa shape index (κ2) is 8.85. The summed E-state index contributed by atoms with van der Waals surface area (Å²) in [5.74, 6) is 3.60. The number of guanidine groups is 1. The Balaban J connectivity index is 1.42. The van der Waals surface area contributed by atoms with Gasteiger partial charge in [0, 0.05) is 31.0 Å². The minimum absolute atomic E-state index is 0.284. The molecule has 1 unspecified atom stereocenters. The van der Waals surface area contributed by atoms with E-state index in [1.807, 2.05) is 16.8 Å². The summed E-state index contributed by atoms with van der Waals surface area (Å²) in [6.45, 7) is 6.37. The van der Waals surface area contributed by atoms with Gasteiger partial charge in [-0.2, -0.15) is 10.2 Å². The predicted molar refractivity (Wildman–Crippen MR) is 111 cm³/mol. The van der Waals surface area contributed by atoms with Crippen LogP contribution in [0.3, 0.4) is 0 Å². The van der Waals surface area contributed by atoms with E-state index in [1.54, 1.807) is 0 Å². The molecule has 1 aliphatic heterocycles. The van der Waals surface area contributed by atoms with Crippen molar-refractivity contribution < 1.29 is 0 Å². The van der Waals surface area contributed by atoms with Crippen LogP contribution in [0.2, 0.25) is 0 Å². The van der Waals surface area contributed by atoms with Crippen LogP contribution in [0.4, 0.5) is 0 Å². The Labute approximate surface area is 170 Å². The number of hydrogen-bond acceptors (Lipinski definition) is 5. The number of nitrogens with zero attached hydrogens (tertiary/aromatic N) is 6. The summed E-state index contributed by atoms with van der Waals surface area (Å²) in [4.78, 5) is 13.6. The fourth-order valence-corrected chi connectivity index (χ4v) is 3.47. The second-order valence-electron chi connectivity index (χ2n) is 7.09. The third-order valence-electron chi connectivity index (χ3n) is 4.94. The van der Waals surface area contributed by atoms with E-state index in [-0.39, 0.29) is 6.04 Å². The summed E-state index contributed by atoms with van der Waals surface area (Å²) in [5.41, 5.74) is 2.12. The van der Waals surface area contributed by atoms with Crippen LogP contribution >= 0.6 is 0 Å². The third kappa shape index (κ3) is 4.61. The lowest BCUT2D eigenvalue weighted by molar-refractivity contribution is 0.392. The molecule has 3 N–H and O–H groups in total. The average molecular weight is 393 g/mol. The lowest BCUT2D eigenvalue weighted by Gasteiger charge is -2.25. The topological polar surface area (TPSA) is 109 Å². The van der Waals surface area contributed by atoms with E-state index >= 15 is 0 Å². The van der Waals surface area contributed by atoms with Crippen molar-refractivity contribution in [2.75, 3.05) is 6.54 Å². The van der Waals surface area contributed by atoms with Crippen molar-refractivity contribution >= 4 is 5.96 Å². The zero-order valence-electron chi connectivity index (χ0n) is 16.9. The van der Waals surface area contributed by atoms with Crippen LogP contribution in [0.15, 0.2) is 35.6 Å². The van der Waals surface area contributed by atoms with Gasteiger partial charge in [0.1, 0.15) is 12.2 Å². The molecule has 0 bridgehead atoms. The number of hydrogen-bond donors (Lipinski definition) is 3. The van der Waals surface area contributed by atoms with Gasteiger partial charge in [-0.1, -0.05) is 25.1 Å². The number of fused-ring (bicyclic) bond motifs is 1. The molecule has 3 aromatic rings. The number of aryl methyl sites for hydroxylation is 2. The van der Waals surface area contributed by atoms with E-state index in [4.69, 9.17) is 4.99 Å². The molecule has 29 heavy (non-hydrogen) atoms. The number of benzene rings is 1. The minimum Gasteiger partial charge on any atom is -0.357 e. The maximum atomic E-state index is 4.78. The Kier molecular flexibility index (Phi) is 5.83. The van der Waals surface area contributed by atoms with Crippen LogP contribution in [-0.2, 0) is 25.9 Å². The smallest absolute Gasteiger partial charge is 0.191 e. The summed E-state index contributed by atoms with van der Waals surface area (Å²) in [5, 5.41) is 18.3. The number of H-pyrrole nitrogens is 1. The van der Waals surface area contributed by atoms with Crippen molar-refractivity contribution in [3.05, 3.63) is 47.8 Å². The highest BCUT2D eigenvalue weighted by atomic mass is 15.4. The number of aliphatic imine (C=N–C) groups is 1. The number of nitrogens with one attached hydrogen (secondary N) is 3. The first-order valence-corrected chi connectivity index (χ1v) is 10.2. The van der Waals surface area contributed by atoms with Gasteiger partial charge in [-0.25, -0.2) is 19.6 Å². The molecule has 0 saturated carbocycles. The maximum Gasteiger partial charge on any atom is 0.191 e. The van der Waals surface area contributed by atoms with Crippen LogP contribution in [-0.4, -0.2) is 48.5 Å². The van der Waals surface area contributed by atoms with Gasteiger partial charge in [-0.3, -0.25) is 5.10 Å².